The lowest BCUT2D eigenvalue weighted by molar-refractivity contribution is 0.176. The summed E-state index contributed by atoms with van der Waals surface area (Å²) in [7, 11) is 8.46. The Balaban J connectivity index is 3.81. The van der Waals surface area contributed by atoms with Gasteiger partial charge in [0.1, 0.15) is 0 Å². The molecule has 0 saturated heterocycles. The van der Waals surface area contributed by atoms with E-state index in [1.807, 2.05) is 0 Å². The maximum atomic E-state index is 2.24. The van der Waals surface area contributed by atoms with Gasteiger partial charge in [-0.15, -0.1) is 0 Å². The third-order valence-corrected chi connectivity index (χ3v) is 2.33. The van der Waals surface area contributed by atoms with Gasteiger partial charge < -0.3 is 9.80 Å². The largest absolute Gasteiger partial charge is 0.305 e. The Labute approximate surface area is 64.8 Å². The van der Waals surface area contributed by atoms with Crippen LogP contribution in [0.15, 0.2) is 0 Å². The van der Waals surface area contributed by atoms with Crippen molar-refractivity contribution in [2.24, 2.45) is 0 Å². The van der Waals surface area contributed by atoms with E-state index in [4.69, 9.17) is 0 Å². The Morgan fingerprint density at radius 1 is 0.700 bits per heavy atom. The van der Waals surface area contributed by atoms with Crippen LogP contribution in [0.25, 0.3) is 0 Å². The molecule has 0 aromatic rings. The number of likely N-dealkylation sites (N-methyl/N-ethyl adjacent to an activating group) is 2. The zero-order valence-corrected chi connectivity index (χ0v) is 8.05. The Morgan fingerprint density at radius 3 is 1.00 bits per heavy atom. The fourth-order valence-electron chi connectivity index (χ4n) is 0.863. The highest BCUT2D eigenvalue weighted by molar-refractivity contribution is 4.72. The first-order valence-corrected chi connectivity index (χ1v) is 3.79. The van der Waals surface area contributed by atoms with E-state index in [0.717, 1.165) is 0 Å². The third kappa shape index (κ3) is 2.67. The fraction of sp³-hybridized carbons (Fsp3) is 1.00. The van der Waals surface area contributed by atoms with E-state index in [0.29, 0.717) is 12.1 Å². The number of nitrogens with zero attached hydrogens (tertiary/aromatic N) is 2. The highest BCUT2D eigenvalue weighted by Gasteiger charge is 2.14. The summed E-state index contributed by atoms with van der Waals surface area (Å²) in [6.45, 7) is 4.48. The molecule has 10 heavy (non-hydrogen) atoms. The summed E-state index contributed by atoms with van der Waals surface area (Å²) in [6.07, 6.45) is 0. The molecule has 0 saturated carbocycles. The molecule has 0 bridgehead atoms. The van der Waals surface area contributed by atoms with Gasteiger partial charge >= 0.3 is 0 Å². The van der Waals surface area contributed by atoms with Crippen molar-refractivity contribution in [3.63, 3.8) is 0 Å². The fourth-order valence-corrected chi connectivity index (χ4v) is 0.863. The van der Waals surface area contributed by atoms with Gasteiger partial charge in [-0.05, 0) is 42.0 Å². The first kappa shape index (κ1) is 9.92. The van der Waals surface area contributed by atoms with Crippen molar-refractivity contribution in [2.45, 2.75) is 25.9 Å². The zero-order chi connectivity index (χ0) is 8.31. The van der Waals surface area contributed by atoms with Gasteiger partial charge in [0.25, 0.3) is 0 Å². The standard InChI is InChI=1S/C8H20N2/c1-7(9(3)4)8(2)10(5)6/h7-8H,1-6H3/t7-,8+/i9+1/m0/s1. The summed E-state index contributed by atoms with van der Waals surface area (Å²) in [4.78, 5) is 4.48. The molecule has 0 aliphatic carbocycles. The molecule has 0 rings (SSSR count). The van der Waals surface area contributed by atoms with Crippen LogP contribution in [0.4, 0.5) is 0 Å². The predicted octanol–water partition coefficient (Wildman–Crippen LogP) is 0.887. The second kappa shape index (κ2) is 3.94. The third-order valence-electron chi connectivity index (χ3n) is 2.33. The van der Waals surface area contributed by atoms with Crippen molar-refractivity contribution in [3.05, 3.63) is 0 Å². The lowest BCUT2D eigenvalue weighted by Crippen LogP contribution is -2.42. The zero-order valence-electron chi connectivity index (χ0n) is 8.05. The summed E-state index contributed by atoms with van der Waals surface area (Å²) in [5, 5.41) is 0. The van der Waals surface area contributed by atoms with E-state index in [1.165, 1.54) is 0 Å². The maximum Gasteiger partial charge on any atom is 0.0214 e. The minimum absolute atomic E-state index is 0.620. The molecular weight excluding hydrogens is 125 g/mol. The summed E-state index contributed by atoms with van der Waals surface area (Å²) < 4.78 is 0. The van der Waals surface area contributed by atoms with Crippen molar-refractivity contribution in [3.8, 4) is 0 Å². The number of hydrogen-bond donors (Lipinski definition) is 0. The van der Waals surface area contributed by atoms with Gasteiger partial charge in [-0.3, -0.25) is 0 Å². The van der Waals surface area contributed by atoms with Crippen LogP contribution in [0, 0.1) is 0 Å². The van der Waals surface area contributed by atoms with E-state index in [2.05, 4.69) is 51.8 Å². The van der Waals surface area contributed by atoms with Gasteiger partial charge in [-0.2, -0.15) is 0 Å². The molecule has 2 nitrogen and oxygen atoms in total. The second-order valence-corrected chi connectivity index (χ2v) is 3.41. The van der Waals surface area contributed by atoms with E-state index in [-0.39, 0.29) is 0 Å². The monoisotopic (exact) mass is 145 g/mol. The summed E-state index contributed by atoms with van der Waals surface area (Å²) >= 11 is 0. The first-order chi connectivity index (χ1) is 4.46. The van der Waals surface area contributed by atoms with Crippen LogP contribution in [-0.4, -0.2) is 50.1 Å². The van der Waals surface area contributed by atoms with Crippen LogP contribution in [0.1, 0.15) is 13.8 Å². The summed E-state index contributed by atoms with van der Waals surface area (Å²) in [6, 6.07) is 1.24. The van der Waals surface area contributed by atoms with Gasteiger partial charge in [-0.25, -0.2) is 0 Å². The molecular formula is C8H20N2. The second-order valence-electron chi connectivity index (χ2n) is 3.41. The van der Waals surface area contributed by atoms with Gasteiger partial charge in [0.05, 0.1) is 0 Å². The lowest BCUT2D eigenvalue weighted by Gasteiger charge is -2.31. The Bertz CT molecular complexity index is 77.3. The molecule has 0 aliphatic rings. The molecule has 0 fully saturated rings. The SMILES string of the molecule is C[C@H]([C@H](C)[15N](C)C)N(C)C. The topological polar surface area (TPSA) is 6.48 Å². The van der Waals surface area contributed by atoms with Crippen molar-refractivity contribution < 1.29 is 0 Å². The van der Waals surface area contributed by atoms with Crippen LogP contribution >= 0.6 is 0 Å². The summed E-state index contributed by atoms with van der Waals surface area (Å²) in [5.41, 5.74) is 0. The highest BCUT2D eigenvalue weighted by Crippen LogP contribution is 2.03. The number of hydrogen-bond acceptors (Lipinski definition) is 2. The van der Waals surface area contributed by atoms with Crippen LogP contribution in [-0.2, 0) is 0 Å². The Kier molecular flexibility index (Phi) is 3.91. The van der Waals surface area contributed by atoms with Crippen molar-refractivity contribution in [1.29, 1.82) is 0 Å². The Morgan fingerprint density at radius 2 is 0.900 bits per heavy atom. The van der Waals surface area contributed by atoms with Gasteiger partial charge in [-0.1, -0.05) is 0 Å². The molecule has 0 N–H and O–H groups in total. The van der Waals surface area contributed by atoms with Crippen LogP contribution in [0.5, 0.6) is 0 Å². The van der Waals surface area contributed by atoms with Gasteiger partial charge in [0.2, 0.25) is 0 Å². The molecule has 0 unspecified atom stereocenters. The quantitative estimate of drug-likeness (QED) is 0.544. The average molecular weight is 145 g/mol. The van der Waals surface area contributed by atoms with E-state index in [9.17, 15) is 0 Å². The molecule has 0 heterocycles. The molecule has 0 spiro atoms. The molecule has 2 atom stereocenters. The Hall–Kier alpha value is -0.0800. The number of rotatable bonds is 3. The summed E-state index contributed by atoms with van der Waals surface area (Å²) in [5.74, 6) is 0. The molecule has 0 radical (unpaired) electrons. The van der Waals surface area contributed by atoms with E-state index in [1.54, 1.807) is 0 Å². The molecule has 0 amide bonds. The average Bonchev–Trinajstić information content (AvgIpc) is 1.84. The van der Waals surface area contributed by atoms with Crippen LogP contribution < -0.4 is 0 Å². The maximum absolute atomic E-state index is 2.24. The normalized spacial score (nSPS) is 18.0. The first-order valence-electron chi connectivity index (χ1n) is 3.79. The molecule has 0 aromatic carbocycles. The molecule has 62 valence electrons. The molecule has 0 aromatic heterocycles. The van der Waals surface area contributed by atoms with Crippen LogP contribution in [0.3, 0.4) is 0 Å². The van der Waals surface area contributed by atoms with E-state index >= 15 is 0 Å². The van der Waals surface area contributed by atoms with Crippen LogP contribution in [0.2, 0.25) is 0 Å². The van der Waals surface area contributed by atoms with Crippen molar-refractivity contribution >= 4 is 0 Å². The predicted molar refractivity (Wildman–Crippen MR) is 46.3 cm³/mol. The minimum Gasteiger partial charge on any atom is -0.305 e. The molecule has 0 aliphatic heterocycles. The van der Waals surface area contributed by atoms with E-state index < -0.39 is 0 Å². The lowest BCUT2D eigenvalue weighted by atomic mass is 10.2. The van der Waals surface area contributed by atoms with Gasteiger partial charge in [0.15, 0.2) is 0 Å². The van der Waals surface area contributed by atoms with Crippen molar-refractivity contribution in [1.82, 2.24) is 9.80 Å². The van der Waals surface area contributed by atoms with Gasteiger partial charge in [0, 0.05) is 12.1 Å². The van der Waals surface area contributed by atoms with Crippen molar-refractivity contribution in [2.75, 3.05) is 28.2 Å². The molecule has 2 heteroatoms. The highest BCUT2D eigenvalue weighted by atomic mass is 15.8. The minimum atomic E-state index is 0.620. The smallest absolute Gasteiger partial charge is 0.0214 e.